The minimum absolute atomic E-state index is 0.413. The summed E-state index contributed by atoms with van der Waals surface area (Å²) in [4.78, 5) is 13.5. The number of likely N-dealkylation sites (tertiary alicyclic amines) is 1. The van der Waals surface area contributed by atoms with E-state index in [2.05, 4.69) is 23.1 Å². The molecule has 0 N–H and O–H groups in total. The molecular weight excluding hydrogens is 250 g/mol. The maximum Gasteiger partial charge on any atom is 0.135 e. The SMILES string of the molecule is O=C1CCN(CCCOc2ccc3c(c2)CCC3)CC1. The molecule has 0 aromatic heterocycles. The minimum atomic E-state index is 0.413. The van der Waals surface area contributed by atoms with Crippen LogP contribution in [-0.2, 0) is 17.6 Å². The zero-order valence-corrected chi connectivity index (χ0v) is 12.1. The number of fused-ring (bicyclic) bond motifs is 1. The van der Waals surface area contributed by atoms with Crippen molar-refractivity contribution in [2.75, 3.05) is 26.2 Å². The van der Waals surface area contributed by atoms with E-state index in [0.29, 0.717) is 5.78 Å². The maximum atomic E-state index is 11.2. The quantitative estimate of drug-likeness (QED) is 0.772. The summed E-state index contributed by atoms with van der Waals surface area (Å²) in [6.45, 7) is 3.66. The first kappa shape index (κ1) is 13.6. The zero-order valence-electron chi connectivity index (χ0n) is 12.1. The van der Waals surface area contributed by atoms with Gasteiger partial charge in [-0.2, -0.15) is 0 Å². The van der Waals surface area contributed by atoms with Gasteiger partial charge in [0.15, 0.2) is 0 Å². The molecule has 3 rings (SSSR count). The molecule has 3 heteroatoms. The zero-order chi connectivity index (χ0) is 13.8. The van der Waals surface area contributed by atoms with Crippen molar-refractivity contribution >= 4 is 5.78 Å². The monoisotopic (exact) mass is 273 g/mol. The molecule has 0 radical (unpaired) electrons. The second-order valence-electron chi connectivity index (χ2n) is 5.87. The molecule has 0 amide bonds. The van der Waals surface area contributed by atoms with Gasteiger partial charge in [0.25, 0.3) is 0 Å². The van der Waals surface area contributed by atoms with Gasteiger partial charge in [0, 0.05) is 32.5 Å². The van der Waals surface area contributed by atoms with Crippen molar-refractivity contribution in [3.05, 3.63) is 29.3 Å². The van der Waals surface area contributed by atoms with Crippen LogP contribution in [0.5, 0.6) is 5.75 Å². The number of aryl methyl sites for hydroxylation is 2. The third kappa shape index (κ3) is 3.40. The Balaban J connectivity index is 1.38. The van der Waals surface area contributed by atoms with Crippen molar-refractivity contribution in [1.82, 2.24) is 4.90 Å². The molecule has 0 atom stereocenters. The van der Waals surface area contributed by atoms with Gasteiger partial charge in [-0.3, -0.25) is 4.79 Å². The van der Waals surface area contributed by atoms with Gasteiger partial charge in [0.05, 0.1) is 6.61 Å². The highest BCUT2D eigenvalue weighted by Crippen LogP contribution is 2.26. The number of carbonyl (C=O) groups excluding carboxylic acids is 1. The van der Waals surface area contributed by atoms with E-state index in [1.54, 1.807) is 0 Å². The Bertz CT molecular complexity index is 474. The lowest BCUT2D eigenvalue weighted by Gasteiger charge is -2.25. The summed E-state index contributed by atoms with van der Waals surface area (Å²) >= 11 is 0. The van der Waals surface area contributed by atoms with Crippen LogP contribution in [0.1, 0.15) is 36.8 Å². The molecule has 1 aromatic rings. The lowest BCUT2D eigenvalue weighted by Crippen LogP contribution is -2.34. The van der Waals surface area contributed by atoms with Crippen molar-refractivity contribution < 1.29 is 9.53 Å². The number of rotatable bonds is 5. The Hall–Kier alpha value is -1.35. The highest BCUT2D eigenvalue weighted by Gasteiger charge is 2.15. The fraction of sp³-hybridized carbons (Fsp3) is 0.588. The summed E-state index contributed by atoms with van der Waals surface area (Å²) in [5, 5.41) is 0. The normalized spacial score (nSPS) is 19.1. The highest BCUT2D eigenvalue weighted by atomic mass is 16.5. The molecule has 0 bridgehead atoms. The van der Waals surface area contributed by atoms with E-state index >= 15 is 0 Å². The van der Waals surface area contributed by atoms with Crippen molar-refractivity contribution in [1.29, 1.82) is 0 Å². The number of piperidine rings is 1. The fourth-order valence-electron chi connectivity index (χ4n) is 3.14. The Morgan fingerprint density at radius 1 is 1.05 bits per heavy atom. The standard InChI is InChI=1S/C17H23NO2/c19-16-7-10-18(11-8-16)9-2-12-20-17-6-5-14-3-1-4-15(14)13-17/h5-6,13H,1-4,7-12H2. The Kier molecular flexibility index (Phi) is 4.36. The number of benzene rings is 1. The molecule has 0 saturated carbocycles. The molecule has 0 unspecified atom stereocenters. The number of ether oxygens (including phenoxy) is 1. The van der Waals surface area contributed by atoms with Crippen LogP contribution in [0, 0.1) is 0 Å². The second-order valence-corrected chi connectivity index (χ2v) is 5.87. The topological polar surface area (TPSA) is 29.5 Å². The summed E-state index contributed by atoms with van der Waals surface area (Å²) in [6.07, 6.45) is 6.20. The second kappa shape index (κ2) is 6.40. The van der Waals surface area contributed by atoms with Crippen LogP contribution < -0.4 is 4.74 Å². The molecule has 0 spiro atoms. The molecule has 1 heterocycles. The van der Waals surface area contributed by atoms with Gasteiger partial charge < -0.3 is 9.64 Å². The van der Waals surface area contributed by atoms with E-state index in [1.165, 1.54) is 30.4 Å². The predicted molar refractivity (Wildman–Crippen MR) is 79.3 cm³/mol. The molecule has 1 saturated heterocycles. The maximum absolute atomic E-state index is 11.2. The largest absolute Gasteiger partial charge is 0.494 e. The van der Waals surface area contributed by atoms with Crippen LogP contribution in [0.15, 0.2) is 18.2 Å². The molecule has 2 aliphatic rings. The van der Waals surface area contributed by atoms with Gasteiger partial charge >= 0.3 is 0 Å². The van der Waals surface area contributed by atoms with Gasteiger partial charge in [-0.05, 0) is 48.9 Å². The van der Waals surface area contributed by atoms with E-state index in [0.717, 1.165) is 51.3 Å². The van der Waals surface area contributed by atoms with Gasteiger partial charge in [-0.15, -0.1) is 0 Å². The number of ketones is 1. The lowest BCUT2D eigenvalue weighted by molar-refractivity contribution is -0.121. The molecule has 1 fully saturated rings. The molecule has 1 aliphatic heterocycles. The van der Waals surface area contributed by atoms with E-state index in [-0.39, 0.29) is 0 Å². The van der Waals surface area contributed by atoms with Crippen molar-refractivity contribution in [3.8, 4) is 5.75 Å². The summed E-state index contributed by atoms with van der Waals surface area (Å²) < 4.78 is 5.85. The van der Waals surface area contributed by atoms with Crippen molar-refractivity contribution in [2.24, 2.45) is 0 Å². The average molecular weight is 273 g/mol. The van der Waals surface area contributed by atoms with Gasteiger partial charge in [0.2, 0.25) is 0 Å². The first-order chi connectivity index (χ1) is 9.81. The number of nitrogens with zero attached hydrogens (tertiary/aromatic N) is 1. The van der Waals surface area contributed by atoms with E-state index in [4.69, 9.17) is 4.74 Å². The Morgan fingerprint density at radius 2 is 1.85 bits per heavy atom. The van der Waals surface area contributed by atoms with Gasteiger partial charge in [-0.1, -0.05) is 6.07 Å². The summed E-state index contributed by atoms with van der Waals surface area (Å²) in [5.74, 6) is 1.43. The molecule has 3 nitrogen and oxygen atoms in total. The van der Waals surface area contributed by atoms with Crippen LogP contribution in [0.3, 0.4) is 0 Å². The third-order valence-electron chi connectivity index (χ3n) is 4.37. The Labute approximate surface area is 120 Å². The van der Waals surface area contributed by atoms with E-state index in [1.807, 2.05) is 0 Å². The van der Waals surface area contributed by atoms with Crippen molar-refractivity contribution in [2.45, 2.75) is 38.5 Å². The third-order valence-corrected chi connectivity index (χ3v) is 4.37. The molecule has 1 aromatic carbocycles. The first-order valence-corrected chi connectivity index (χ1v) is 7.80. The lowest BCUT2D eigenvalue weighted by atomic mass is 10.1. The number of carbonyl (C=O) groups is 1. The molecule has 20 heavy (non-hydrogen) atoms. The fourth-order valence-corrected chi connectivity index (χ4v) is 3.14. The highest BCUT2D eigenvalue weighted by molar-refractivity contribution is 5.79. The smallest absolute Gasteiger partial charge is 0.135 e. The molecular formula is C17H23NO2. The minimum Gasteiger partial charge on any atom is -0.494 e. The summed E-state index contributed by atoms with van der Waals surface area (Å²) in [6, 6.07) is 6.53. The molecule has 1 aliphatic carbocycles. The number of hydrogen-bond acceptors (Lipinski definition) is 3. The van der Waals surface area contributed by atoms with Crippen LogP contribution in [0.25, 0.3) is 0 Å². The summed E-state index contributed by atoms with van der Waals surface area (Å²) in [7, 11) is 0. The van der Waals surface area contributed by atoms with Crippen molar-refractivity contribution in [3.63, 3.8) is 0 Å². The van der Waals surface area contributed by atoms with Crippen LogP contribution >= 0.6 is 0 Å². The number of Topliss-reactive ketones (excluding diaryl/α,β-unsaturated/α-hetero) is 1. The van der Waals surface area contributed by atoms with Gasteiger partial charge in [-0.25, -0.2) is 0 Å². The Morgan fingerprint density at radius 3 is 2.70 bits per heavy atom. The number of hydrogen-bond donors (Lipinski definition) is 0. The van der Waals surface area contributed by atoms with Crippen LogP contribution in [0.2, 0.25) is 0 Å². The van der Waals surface area contributed by atoms with E-state index < -0.39 is 0 Å². The summed E-state index contributed by atoms with van der Waals surface area (Å²) in [5.41, 5.74) is 2.97. The van der Waals surface area contributed by atoms with E-state index in [9.17, 15) is 4.79 Å². The average Bonchev–Trinajstić information content (AvgIpc) is 2.93. The molecule has 108 valence electrons. The van der Waals surface area contributed by atoms with Crippen LogP contribution in [-0.4, -0.2) is 36.9 Å². The first-order valence-electron chi connectivity index (χ1n) is 7.80. The van der Waals surface area contributed by atoms with Gasteiger partial charge in [0.1, 0.15) is 11.5 Å². The predicted octanol–water partition coefficient (Wildman–Crippen LogP) is 2.61. The van der Waals surface area contributed by atoms with Crippen LogP contribution in [0.4, 0.5) is 0 Å².